The van der Waals surface area contributed by atoms with Crippen molar-refractivity contribution in [3.63, 3.8) is 0 Å². The number of hydrogen-bond donors (Lipinski definition) is 1. The van der Waals surface area contributed by atoms with E-state index in [4.69, 9.17) is 4.74 Å². The van der Waals surface area contributed by atoms with E-state index in [0.29, 0.717) is 16.9 Å². The minimum atomic E-state index is 0. The zero-order chi connectivity index (χ0) is 15.6. The van der Waals surface area contributed by atoms with Crippen LogP contribution in [0.15, 0.2) is 4.99 Å². The molecule has 3 aliphatic rings. The van der Waals surface area contributed by atoms with Crippen molar-refractivity contribution in [2.24, 2.45) is 4.99 Å². The molecule has 0 aromatic heterocycles. The van der Waals surface area contributed by atoms with E-state index in [1.165, 1.54) is 25.1 Å². The largest absolute Gasteiger partial charge is 0.373 e. The summed E-state index contributed by atoms with van der Waals surface area (Å²) in [5.41, 5.74) is 0. The van der Waals surface area contributed by atoms with Crippen LogP contribution >= 0.6 is 35.7 Å². The fraction of sp³-hybridized carbons (Fsp3) is 0.938. The number of rotatable bonds is 2. The van der Waals surface area contributed by atoms with Crippen LogP contribution in [-0.4, -0.2) is 84.8 Å². The minimum absolute atomic E-state index is 0. The van der Waals surface area contributed by atoms with E-state index in [2.05, 4.69) is 45.7 Å². The Labute approximate surface area is 162 Å². The summed E-state index contributed by atoms with van der Waals surface area (Å²) in [6.07, 6.45) is 2.93. The van der Waals surface area contributed by atoms with E-state index in [-0.39, 0.29) is 24.0 Å². The van der Waals surface area contributed by atoms with Crippen molar-refractivity contribution < 1.29 is 4.74 Å². The van der Waals surface area contributed by atoms with Crippen LogP contribution in [0.1, 0.15) is 26.7 Å². The molecule has 0 amide bonds. The van der Waals surface area contributed by atoms with Gasteiger partial charge in [-0.15, -0.1) is 24.0 Å². The summed E-state index contributed by atoms with van der Waals surface area (Å²) in [6, 6.07) is 0.676. The van der Waals surface area contributed by atoms with Gasteiger partial charge < -0.3 is 15.0 Å². The number of thioether (sulfide) groups is 1. The van der Waals surface area contributed by atoms with Gasteiger partial charge in [-0.2, -0.15) is 11.8 Å². The van der Waals surface area contributed by atoms with Crippen molar-refractivity contribution in [1.82, 2.24) is 15.1 Å². The van der Waals surface area contributed by atoms with Gasteiger partial charge in [0.25, 0.3) is 0 Å². The second-order valence-corrected chi connectivity index (χ2v) is 9.01. The molecule has 134 valence electrons. The molecule has 7 heteroatoms. The predicted octanol–water partition coefficient (Wildman–Crippen LogP) is 1.87. The minimum Gasteiger partial charge on any atom is -0.373 e. The number of nitrogens with zero attached hydrogens (tertiary/aromatic N) is 3. The number of fused-ring (bicyclic) bond motifs is 1. The number of nitrogens with one attached hydrogen (secondary N) is 1. The maximum atomic E-state index is 6.03. The first kappa shape index (κ1) is 19.6. The van der Waals surface area contributed by atoms with Crippen molar-refractivity contribution in [3.05, 3.63) is 0 Å². The Morgan fingerprint density at radius 3 is 2.96 bits per heavy atom. The molecule has 3 rings (SSSR count). The normalized spacial score (nSPS) is 31.4. The fourth-order valence-corrected chi connectivity index (χ4v) is 4.86. The molecular weight excluding hydrogens is 423 g/mol. The second-order valence-electron chi connectivity index (χ2n) is 7.20. The summed E-state index contributed by atoms with van der Waals surface area (Å²) in [5.74, 6) is 2.20. The van der Waals surface area contributed by atoms with Crippen LogP contribution in [0.2, 0.25) is 0 Å². The molecule has 5 nitrogen and oxygen atoms in total. The second kappa shape index (κ2) is 8.58. The molecule has 3 aliphatic heterocycles. The zero-order valence-corrected chi connectivity index (χ0v) is 17.7. The Morgan fingerprint density at radius 2 is 2.22 bits per heavy atom. The molecule has 0 saturated carbocycles. The SMILES string of the molecule is CN=C(NCC1CN2CCCC2CO1)N1CCSC(C)(C)C1.I. The molecule has 23 heavy (non-hydrogen) atoms. The Morgan fingerprint density at radius 1 is 1.39 bits per heavy atom. The highest BCUT2D eigenvalue weighted by atomic mass is 127. The molecule has 0 bridgehead atoms. The Bertz CT molecular complexity index is 421. The smallest absolute Gasteiger partial charge is 0.193 e. The topological polar surface area (TPSA) is 40.1 Å². The van der Waals surface area contributed by atoms with Crippen molar-refractivity contribution >= 4 is 41.7 Å². The van der Waals surface area contributed by atoms with E-state index < -0.39 is 0 Å². The predicted molar refractivity (Wildman–Crippen MR) is 109 cm³/mol. The lowest BCUT2D eigenvalue weighted by atomic mass is 10.2. The van der Waals surface area contributed by atoms with Crippen molar-refractivity contribution in [2.75, 3.05) is 52.1 Å². The average molecular weight is 454 g/mol. The van der Waals surface area contributed by atoms with E-state index in [1.54, 1.807) is 0 Å². The number of morpholine rings is 1. The van der Waals surface area contributed by atoms with E-state index in [0.717, 1.165) is 38.7 Å². The average Bonchev–Trinajstić information content (AvgIpc) is 2.94. The maximum absolute atomic E-state index is 6.03. The molecule has 3 fully saturated rings. The summed E-state index contributed by atoms with van der Waals surface area (Å²) in [6.45, 7) is 10.8. The first-order chi connectivity index (χ1) is 10.6. The Balaban J connectivity index is 0.00000192. The molecule has 0 aliphatic carbocycles. The molecule has 3 heterocycles. The third-order valence-electron chi connectivity index (χ3n) is 4.89. The lowest BCUT2D eigenvalue weighted by molar-refractivity contribution is -0.0454. The van der Waals surface area contributed by atoms with Gasteiger partial charge in [-0.3, -0.25) is 9.89 Å². The maximum Gasteiger partial charge on any atom is 0.193 e. The molecule has 0 radical (unpaired) electrons. The van der Waals surface area contributed by atoms with Gasteiger partial charge in [0.15, 0.2) is 5.96 Å². The lowest BCUT2D eigenvalue weighted by Gasteiger charge is -2.40. The number of aliphatic imine (C=N–C) groups is 1. The Kier molecular flexibility index (Phi) is 7.31. The fourth-order valence-electron chi connectivity index (χ4n) is 3.74. The number of halogens is 1. The monoisotopic (exact) mass is 454 g/mol. The molecule has 0 aromatic carbocycles. The van der Waals surface area contributed by atoms with Crippen LogP contribution < -0.4 is 5.32 Å². The third kappa shape index (κ3) is 5.12. The highest BCUT2D eigenvalue weighted by molar-refractivity contribution is 14.0. The molecular formula is C16H31IN4OS. The molecule has 3 saturated heterocycles. The Hall–Kier alpha value is 0.270. The number of guanidine groups is 1. The van der Waals surface area contributed by atoms with Gasteiger partial charge in [0, 0.05) is 49.8 Å². The van der Waals surface area contributed by atoms with Gasteiger partial charge in [0.1, 0.15) is 0 Å². The van der Waals surface area contributed by atoms with Crippen molar-refractivity contribution in [1.29, 1.82) is 0 Å². The van der Waals surface area contributed by atoms with Gasteiger partial charge in [0.05, 0.1) is 12.7 Å². The quantitative estimate of drug-likeness (QED) is 0.392. The van der Waals surface area contributed by atoms with Gasteiger partial charge in [-0.25, -0.2) is 0 Å². The standard InChI is InChI=1S/C16H30N4OS.HI/c1-16(2)12-20(7-8-22-16)15(17-3)18-9-14-10-19-6-4-5-13(19)11-21-14;/h13-14H,4-12H2,1-3H3,(H,17,18);1H. The van der Waals surface area contributed by atoms with Crippen molar-refractivity contribution in [3.8, 4) is 0 Å². The van der Waals surface area contributed by atoms with Crippen molar-refractivity contribution in [2.45, 2.75) is 43.6 Å². The van der Waals surface area contributed by atoms with Gasteiger partial charge in [-0.1, -0.05) is 0 Å². The number of ether oxygens (including phenoxy) is 1. The van der Waals surface area contributed by atoms with Crippen LogP contribution in [0, 0.1) is 0 Å². The summed E-state index contributed by atoms with van der Waals surface area (Å²) in [4.78, 5) is 9.46. The molecule has 2 unspecified atom stereocenters. The van der Waals surface area contributed by atoms with Crippen LogP contribution in [0.3, 0.4) is 0 Å². The van der Waals surface area contributed by atoms with Crippen LogP contribution in [-0.2, 0) is 4.74 Å². The summed E-state index contributed by atoms with van der Waals surface area (Å²) in [5, 5.41) is 3.54. The molecule has 0 spiro atoms. The first-order valence-electron chi connectivity index (χ1n) is 8.52. The van der Waals surface area contributed by atoms with Gasteiger partial charge >= 0.3 is 0 Å². The van der Waals surface area contributed by atoms with E-state index in [1.807, 2.05) is 7.05 Å². The van der Waals surface area contributed by atoms with Crippen LogP contribution in [0.5, 0.6) is 0 Å². The van der Waals surface area contributed by atoms with E-state index >= 15 is 0 Å². The number of hydrogen-bond acceptors (Lipinski definition) is 4. The van der Waals surface area contributed by atoms with Gasteiger partial charge in [-0.05, 0) is 33.2 Å². The first-order valence-corrected chi connectivity index (χ1v) is 9.51. The van der Waals surface area contributed by atoms with Gasteiger partial charge in [0.2, 0.25) is 0 Å². The molecule has 0 aromatic rings. The molecule has 1 N–H and O–H groups in total. The summed E-state index contributed by atoms with van der Waals surface area (Å²) >= 11 is 2.05. The molecule has 2 atom stereocenters. The van der Waals surface area contributed by atoms with Crippen LogP contribution in [0.25, 0.3) is 0 Å². The van der Waals surface area contributed by atoms with E-state index in [9.17, 15) is 0 Å². The zero-order valence-electron chi connectivity index (χ0n) is 14.6. The van der Waals surface area contributed by atoms with Crippen LogP contribution in [0.4, 0.5) is 0 Å². The summed E-state index contributed by atoms with van der Waals surface area (Å²) in [7, 11) is 1.88. The highest BCUT2D eigenvalue weighted by Gasteiger charge is 2.33. The highest BCUT2D eigenvalue weighted by Crippen LogP contribution is 2.29. The lowest BCUT2D eigenvalue weighted by Crippen LogP contribution is -2.54. The summed E-state index contributed by atoms with van der Waals surface area (Å²) < 4.78 is 6.34. The third-order valence-corrected chi connectivity index (χ3v) is 6.18.